The lowest BCUT2D eigenvalue weighted by Gasteiger charge is -2.24. The van der Waals surface area contributed by atoms with E-state index in [9.17, 15) is 8.42 Å². The summed E-state index contributed by atoms with van der Waals surface area (Å²) in [4.78, 5) is 6.89. The average molecular weight is 339 g/mol. The van der Waals surface area contributed by atoms with Crippen molar-refractivity contribution in [2.24, 2.45) is 5.14 Å². The molecule has 22 heavy (non-hydrogen) atoms. The molecule has 0 aliphatic carbocycles. The molecule has 0 amide bonds. The first-order valence-electron chi connectivity index (χ1n) is 7.07. The lowest BCUT2D eigenvalue weighted by molar-refractivity contribution is 0.250. The van der Waals surface area contributed by atoms with Crippen LogP contribution in [-0.2, 0) is 23.0 Å². The van der Waals surface area contributed by atoms with Gasteiger partial charge in [0.25, 0.3) is 0 Å². The first kappa shape index (κ1) is 17.1. The Bertz CT molecular complexity index is 724. The number of thiazole rings is 1. The van der Waals surface area contributed by atoms with Gasteiger partial charge in [0, 0.05) is 18.0 Å². The molecule has 1 aromatic heterocycles. The highest BCUT2D eigenvalue weighted by atomic mass is 32.2. The molecule has 0 aliphatic heterocycles. The summed E-state index contributed by atoms with van der Waals surface area (Å²) in [6.45, 7) is 4.94. The van der Waals surface area contributed by atoms with E-state index in [1.165, 1.54) is 0 Å². The summed E-state index contributed by atoms with van der Waals surface area (Å²) >= 11 is 1.69. The highest BCUT2D eigenvalue weighted by molar-refractivity contribution is 7.89. The molecule has 0 saturated heterocycles. The summed E-state index contributed by atoms with van der Waals surface area (Å²) in [5, 5.41) is 8.35. The predicted octanol–water partition coefficient (Wildman–Crippen LogP) is 2.55. The third kappa shape index (κ3) is 4.13. The molecule has 0 aliphatic rings. The van der Waals surface area contributed by atoms with E-state index in [0.29, 0.717) is 0 Å². The Morgan fingerprint density at radius 2 is 1.95 bits per heavy atom. The summed E-state index contributed by atoms with van der Waals surface area (Å²) < 4.78 is 22.6. The van der Waals surface area contributed by atoms with Crippen LogP contribution in [0, 0.1) is 0 Å². The van der Waals surface area contributed by atoms with Gasteiger partial charge in [-0.05, 0) is 38.1 Å². The van der Waals surface area contributed by atoms with E-state index < -0.39 is 10.0 Å². The van der Waals surface area contributed by atoms with E-state index >= 15 is 0 Å². The largest absolute Gasteiger partial charge is 0.294 e. The molecule has 1 aromatic carbocycles. The van der Waals surface area contributed by atoms with Crippen LogP contribution in [0.5, 0.6) is 0 Å². The molecule has 1 atom stereocenters. The third-order valence-corrected chi connectivity index (χ3v) is 5.64. The Labute approximate surface area is 135 Å². The first-order chi connectivity index (χ1) is 10.3. The number of aryl methyl sites for hydroxylation is 1. The van der Waals surface area contributed by atoms with Crippen molar-refractivity contribution in [3.63, 3.8) is 0 Å². The van der Waals surface area contributed by atoms with E-state index in [-0.39, 0.29) is 10.9 Å². The van der Waals surface area contributed by atoms with E-state index in [1.807, 2.05) is 7.05 Å². The lowest BCUT2D eigenvalue weighted by Crippen LogP contribution is -2.22. The van der Waals surface area contributed by atoms with Crippen LogP contribution >= 0.6 is 11.3 Å². The van der Waals surface area contributed by atoms with Crippen molar-refractivity contribution in [2.75, 3.05) is 7.05 Å². The monoisotopic (exact) mass is 339 g/mol. The Kier molecular flexibility index (Phi) is 5.33. The van der Waals surface area contributed by atoms with Crippen LogP contribution in [0.15, 0.2) is 34.5 Å². The predicted molar refractivity (Wildman–Crippen MR) is 89.2 cm³/mol. The minimum absolute atomic E-state index is 0.137. The summed E-state index contributed by atoms with van der Waals surface area (Å²) in [6.07, 6.45) is 0.957. The van der Waals surface area contributed by atoms with E-state index in [0.717, 1.165) is 29.2 Å². The van der Waals surface area contributed by atoms with E-state index in [4.69, 9.17) is 5.14 Å². The molecular weight excluding hydrogens is 318 g/mol. The zero-order valence-electron chi connectivity index (χ0n) is 13.0. The molecular formula is C15H21N3O2S2. The van der Waals surface area contributed by atoms with Gasteiger partial charge in [0.15, 0.2) is 0 Å². The Balaban J connectivity index is 2.08. The smallest absolute Gasteiger partial charge is 0.238 e. The quantitative estimate of drug-likeness (QED) is 0.877. The molecule has 120 valence electrons. The second kappa shape index (κ2) is 6.87. The standard InChI is InChI=1S/C15H21N3O2S2/c1-4-15-17-13(10-21-15)9-18(3)11(2)12-5-7-14(8-6-12)22(16,19)20/h5-8,10-11H,4,9H2,1-3H3,(H2,16,19,20)/t11-/m0/s1. The fourth-order valence-electron chi connectivity index (χ4n) is 2.17. The van der Waals surface area contributed by atoms with Crippen LogP contribution in [0.25, 0.3) is 0 Å². The fraction of sp³-hybridized carbons (Fsp3) is 0.400. The zero-order chi connectivity index (χ0) is 16.3. The zero-order valence-corrected chi connectivity index (χ0v) is 14.6. The number of primary sulfonamides is 1. The van der Waals surface area contributed by atoms with Gasteiger partial charge in [-0.1, -0.05) is 19.1 Å². The normalized spacial score (nSPS) is 13.5. The van der Waals surface area contributed by atoms with Crippen LogP contribution < -0.4 is 5.14 Å². The molecule has 0 unspecified atom stereocenters. The molecule has 0 radical (unpaired) electrons. The number of nitrogens with zero attached hydrogens (tertiary/aromatic N) is 2. The van der Waals surface area contributed by atoms with Gasteiger partial charge in [-0.2, -0.15) is 0 Å². The van der Waals surface area contributed by atoms with Crippen molar-refractivity contribution in [3.05, 3.63) is 45.9 Å². The van der Waals surface area contributed by atoms with Crippen molar-refractivity contribution < 1.29 is 8.42 Å². The molecule has 2 N–H and O–H groups in total. The number of sulfonamides is 1. The molecule has 0 fully saturated rings. The number of hydrogen-bond donors (Lipinski definition) is 1. The Morgan fingerprint density at radius 1 is 1.32 bits per heavy atom. The maximum Gasteiger partial charge on any atom is 0.238 e. The topological polar surface area (TPSA) is 76.3 Å². The maximum absolute atomic E-state index is 11.3. The van der Waals surface area contributed by atoms with E-state index in [2.05, 4.69) is 29.1 Å². The number of nitrogens with two attached hydrogens (primary N) is 1. The van der Waals surface area contributed by atoms with Gasteiger partial charge < -0.3 is 0 Å². The highest BCUT2D eigenvalue weighted by Gasteiger charge is 2.15. The molecule has 0 bridgehead atoms. The van der Waals surface area contributed by atoms with Crippen LogP contribution in [0.4, 0.5) is 0 Å². The molecule has 1 heterocycles. The van der Waals surface area contributed by atoms with Gasteiger partial charge in [0.2, 0.25) is 10.0 Å². The van der Waals surface area contributed by atoms with Crippen molar-refractivity contribution in [3.8, 4) is 0 Å². The van der Waals surface area contributed by atoms with Gasteiger partial charge in [0.1, 0.15) is 0 Å². The number of aromatic nitrogens is 1. The number of benzene rings is 1. The summed E-state index contributed by atoms with van der Waals surface area (Å²) in [7, 11) is -1.61. The number of hydrogen-bond acceptors (Lipinski definition) is 5. The first-order valence-corrected chi connectivity index (χ1v) is 9.50. The van der Waals surface area contributed by atoms with Crippen LogP contribution in [-0.4, -0.2) is 25.3 Å². The molecule has 2 rings (SSSR count). The van der Waals surface area contributed by atoms with Gasteiger partial charge in [-0.15, -0.1) is 11.3 Å². The number of rotatable bonds is 6. The summed E-state index contributed by atoms with van der Waals surface area (Å²) in [5.41, 5.74) is 2.11. The highest BCUT2D eigenvalue weighted by Crippen LogP contribution is 2.22. The van der Waals surface area contributed by atoms with Crippen LogP contribution in [0.1, 0.15) is 36.2 Å². The van der Waals surface area contributed by atoms with Crippen molar-refractivity contribution in [2.45, 2.75) is 37.8 Å². The van der Waals surface area contributed by atoms with Crippen LogP contribution in [0.2, 0.25) is 0 Å². The van der Waals surface area contributed by atoms with Gasteiger partial charge in [-0.3, -0.25) is 4.90 Å². The molecule has 7 heteroatoms. The van der Waals surface area contributed by atoms with Crippen LogP contribution in [0.3, 0.4) is 0 Å². The third-order valence-electron chi connectivity index (χ3n) is 3.67. The minimum Gasteiger partial charge on any atom is -0.294 e. The Hall–Kier alpha value is -1.28. The summed E-state index contributed by atoms with van der Waals surface area (Å²) in [6, 6.07) is 6.86. The second-order valence-corrected chi connectivity index (χ2v) is 7.80. The van der Waals surface area contributed by atoms with Crippen molar-refractivity contribution in [1.82, 2.24) is 9.88 Å². The molecule has 0 saturated carbocycles. The summed E-state index contributed by atoms with van der Waals surface area (Å²) in [5.74, 6) is 0. The van der Waals surface area contributed by atoms with Gasteiger partial charge in [-0.25, -0.2) is 18.5 Å². The second-order valence-electron chi connectivity index (χ2n) is 5.29. The van der Waals surface area contributed by atoms with E-state index in [1.54, 1.807) is 35.6 Å². The van der Waals surface area contributed by atoms with Gasteiger partial charge >= 0.3 is 0 Å². The van der Waals surface area contributed by atoms with Crippen molar-refractivity contribution in [1.29, 1.82) is 0 Å². The van der Waals surface area contributed by atoms with Crippen molar-refractivity contribution >= 4 is 21.4 Å². The SMILES string of the molecule is CCc1nc(CN(C)[C@@H](C)c2ccc(S(N)(=O)=O)cc2)cs1. The average Bonchev–Trinajstić information content (AvgIpc) is 2.93. The fourth-order valence-corrected chi connectivity index (χ4v) is 3.42. The molecule has 5 nitrogen and oxygen atoms in total. The minimum atomic E-state index is -3.64. The molecule has 0 spiro atoms. The molecule has 2 aromatic rings. The Morgan fingerprint density at radius 3 is 2.45 bits per heavy atom. The lowest BCUT2D eigenvalue weighted by atomic mass is 10.1. The maximum atomic E-state index is 11.3. The van der Waals surface area contributed by atoms with Gasteiger partial charge in [0.05, 0.1) is 15.6 Å².